The van der Waals surface area contributed by atoms with Crippen molar-refractivity contribution in [3.63, 3.8) is 0 Å². The van der Waals surface area contributed by atoms with Crippen LogP contribution in [0, 0.1) is 18.6 Å². The summed E-state index contributed by atoms with van der Waals surface area (Å²) in [5.41, 5.74) is 4.68. The lowest BCUT2D eigenvalue weighted by molar-refractivity contribution is 0.406. The van der Waals surface area contributed by atoms with Crippen molar-refractivity contribution in [3.8, 4) is 23.1 Å². The molecule has 0 radical (unpaired) electrons. The molecule has 0 bridgehead atoms. The smallest absolute Gasteiger partial charge is 0.228 e. The van der Waals surface area contributed by atoms with Crippen molar-refractivity contribution >= 4 is 11.4 Å². The van der Waals surface area contributed by atoms with Gasteiger partial charge in [-0.05, 0) is 73.2 Å². The van der Waals surface area contributed by atoms with E-state index in [1.54, 1.807) is 42.1 Å². The fourth-order valence-electron chi connectivity index (χ4n) is 4.90. The van der Waals surface area contributed by atoms with E-state index in [1.165, 1.54) is 18.2 Å². The van der Waals surface area contributed by atoms with Gasteiger partial charge in [-0.15, -0.1) is 0 Å². The topological polar surface area (TPSA) is 51.9 Å². The van der Waals surface area contributed by atoms with E-state index in [0.29, 0.717) is 18.0 Å². The number of hydrazone groups is 1. The molecule has 1 unspecified atom stereocenters. The summed E-state index contributed by atoms with van der Waals surface area (Å²) in [6, 6.07) is 29.4. The number of benzene rings is 4. The van der Waals surface area contributed by atoms with E-state index < -0.39 is 5.82 Å². The third-order valence-corrected chi connectivity index (χ3v) is 6.86. The number of methoxy groups -OCH3 is 1. The molecule has 1 aliphatic heterocycles. The van der Waals surface area contributed by atoms with Crippen LogP contribution in [0.5, 0.6) is 17.4 Å². The molecule has 0 amide bonds. The maximum Gasteiger partial charge on any atom is 0.228 e. The van der Waals surface area contributed by atoms with E-state index in [4.69, 9.17) is 19.7 Å². The van der Waals surface area contributed by atoms with Crippen LogP contribution in [0.1, 0.15) is 29.3 Å². The first-order chi connectivity index (χ1) is 19.5. The molecule has 0 spiro atoms. The number of aromatic nitrogens is 2. The minimum absolute atomic E-state index is 0.0921. The Morgan fingerprint density at radius 3 is 2.20 bits per heavy atom. The molecule has 6 nitrogen and oxygen atoms in total. The molecular formula is C32H26F2N4O2. The third-order valence-electron chi connectivity index (χ3n) is 6.86. The Kier molecular flexibility index (Phi) is 6.74. The highest BCUT2D eigenvalue weighted by Gasteiger charge is 2.36. The number of nitrogens with zero attached hydrogens (tertiary/aromatic N) is 4. The van der Waals surface area contributed by atoms with E-state index in [1.807, 2.05) is 66.5 Å². The minimum Gasteiger partial charge on any atom is -0.497 e. The summed E-state index contributed by atoms with van der Waals surface area (Å²) in [4.78, 5) is 0. The molecule has 8 heteroatoms. The summed E-state index contributed by atoms with van der Waals surface area (Å²) < 4.78 is 41.9. The lowest BCUT2D eigenvalue weighted by atomic mass is 9.98. The number of anilines is 1. The minimum atomic E-state index is -0.478. The largest absolute Gasteiger partial charge is 0.497 e. The third kappa shape index (κ3) is 4.80. The predicted molar refractivity (Wildman–Crippen MR) is 151 cm³/mol. The van der Waals surface area contributed by atoms with Crippen molar-refractivity contribution in [2.45, 2.75) is 19.4 Å². The Bertz CT molecular complexity index is 1670. The second kappa shape index (κ2) is 10.6. The maximum absolute atomic E-state index is 14.8. The number of hydrogen-bond donors (Lipinski definition) is 0. The van der Waals surface area contributed by atoms with Gasteiger partial charge >= 0.3 is 0 Å². The summed E-state index contributed by atoms with van der Waals surface area (Å²) in [6.45, 7) is 1.91. The predicted octanol–water partition coefficient (Wildman–Crippen LogP) is 7.62. The van der Waals surface area contributed by atoms with Gasteiger partial charge in [0, 0.05) is 6.42 Å². The fourth-order valence-corrected chi connectivity index (χ4v) is 4.90. The lowest BCUT2D eigenvalue weighted by Crippen LogP contribution is -2.19. The lowest BCUT2D eigenvalue weighted by Gasteiger charge is -2.25. The Labute approximate surface area is 230 Å². The zero-order valence-electron chi connectivity index (χ0n) is 22.0. The van der Waals surface area contributed by atoms with Gasteiger partial charge in [0.25, 0.3) is 0 Å². The van der Waals surface area contributed by atoms with Crippen molar-refractivity contribution < 1.29 is 18.3 Å². The molecule has 0 saturated carbocycles. The van der Waals surface area contributed by atoms with Crippen molar-refractivity contribution in [2.24, 2.45) is 5.10 Å². The van der Waals surface area contributed by atoms with E-state index in [-0.39, 0.29) is 17.6 Å². The van der Waals surface area contributed by atoms with Crippen LogP contribution in [-0.4, -0.2) is 22.6 Å². The van der Waals surface area contributed by atoms with Crippen molar-refractivity contribution in [3.05, 3.63) is 132 Å². The first-order valence-electron chi connectivity index (χ1n) is 12.9. The second-order valence-corrected chi connectivity index (χ2v) is 9.40. The Balaban J connectivity index is 1.51. The van der Waals surface area contributed by atoms with Crippen LogP contribution in [-0.2, 0) is 0 Å². The number of hydrogen-bond acceptors (Lipinski definition) is 5. The van der Waals surface area contributed by atoms with E-state index in [9.17, 15) is 8.78 Å². The number of ether oxygens (including phenoxy) is 2. The number of halogens is 2. The van der Waals surface area contributed by atoms with Gasteiger partial charge in [0.2, 0.25) is 5.88 Å². The van der Waals surface area contributed by atoms with Crippen LogP contribution in [0.4, 0.5) is 14.5 Å². The first kappa shape index (κ1) is 25.3. The highest BCUT2D eigenvalue weighted by molar-refractivity contribution is 6.03. The maximum atomic E-state index is 14.8. The summed E-state index contributed by atoms with van der Waals surface area (Å²) in [5.74, 6) is 0.418. The molecule has 1 atom stereocenters. The van der Waals surface area contributed by atoms with Crippen LogP contribution in [0.3, 0.4) is 0 Å². The molecule has 200 valence electrons. The van der Waals surface area contributed by atoms with E-state index in [0.717, 1.165) is 34.0 Å². The normalized spacial score (nSPS) is 14.8. The molecule has 0 N–H and O–H groups in total. The number of para-hydroxylation sites is 2. The molecule has 0 saturated heterocycles. The second-order valence-electron chi connectivity index (χ2n) is 9.40. The number of aryl methyl sites for hydroxylation is 1. The highest BCUT2D eigenvalue weighted by Crippen LogP contribution is 2.44. The zero-order chi connectivity index (χ0) is 27.6. The SMILES string of the molecule is COc1ccc(N2N=C(c3ccc(F)cc3)CC2c2c(C)nn(-c3ccccc3)c2Oc2ccccc2F)cc1. The van der Waals surface area contributed by atoms with Crippen LogP contribution in [0.2, 0.25) is 0 Å². The van der Waals surface area contributed by atoms with Crippen molar-refractivity contribution in [2.75, 3.05) is 12.1 Å². The summed E-state index contributed by atoms with van der Waals surface area (Å²) in [7, 11) is 1.62. The molecule has 4 aromatic carbocycles. The molecule has 6 rings (SSSR count). The molecule has 1 aromatic heterocycles. The van der Waals surface area contributed by atoms with Crippen LogP contribution in [0.25, 0.3) is 5.69 Å². The van der Waals surface area contributed by atoms with E-state index in [2.05, 4.69) is 0 Å². The van der Waals surface area contributed by atoms with E-state index >= 15 is 0 Å². The van der Waals surface area contributed by atoms with Gasteiger partial charge in [0.05, 0.1) is 41.5 Å². The molecular weight excluding hydrogens is 510 g/mol. The first-order valence-corrected chi connectivity index (χ1v) is 12.9. The summed E-state index contributed by atoms with van der Waals surface area (Å²) in [6.07, 6.45) is 0.493. The van der Waals surface area contributed by atoms with Crippen LogP contribution >= 0.6 is 0 Å². The highest BCUT2D eigenvalue weighted by atomic mass is 19.1. The van der Waals surface area contributed by atoms with Gasteiger partial charge in [-0.1, -0.05) is 42.5 Å². The van der Waals surface area contributed by atoms with Gasteiger partial charge in [-0.3, -0.25) is 5.01 Å². The average Bonchev–Trinajstić information content (AvgIpc) is 3.56. The molecule has 2 heterocycles. The molecule has 1 aliphatic rings. The van der Waals surface area contributed by atoms with Gasteiger partial charge in [-0.25, -0.2) is 13.5 Å². The van der Waals surface area contributed by atoms with Crippen LogP contribution < -0.4 is 14.5 Å². The standard InChI is InChI=1S/C32H26F2N4O2/c1-21-31(32(40-30-11-7-6-10-27(30)34)38(35-21)24-8-4-3-5-9-24)29-20-28(22-12-14-23(33)15-13-22)36-37(29)25-16-18-26(39-2)19-17-25/h3-19,29H,20H2,1-2H3. The average molecular weight is 537 g/mol. The monoisotopic (exact) mass is 536 g/mol. The fraction of sp³-hybridized carbons (Fsp3) is 0.125. The number of rotatable bonds is 7. The Morgan fingerprint density at radius 2 is 1.50 bits per heavy atom. The van der Waals surface area contributed by atoms with Gasteiger partial charge < -0.3 is 9.47 Å². The van der Waals surface area contributed by atoms with Crippen molar-refractivity contribution in [1.29, 1.82) is 0 Å². The molecule has 5 aromatic rings. The Morgan fingerprint density at radius 1 is 0.800 bits per heavy atom. The summed E-state index contributed by atoms with van der Waals surface area (Å²) in [5, 5.41) is 11.7. The van der Waals surface area contributed by atoms with Gasteiger partial charge in [0.1, 0.15) is 11.6 Å². The van der Waals surface area contributed by atoms with Gasteiger partial charge in [0.15, 0.2) is 11.6 Å². The zero-order valence-corrected chi connectivity index (χ0v) is 22.0. The quantitative estimate of drug-likeness (QED) is 0.215. The van der Waals surface area contributed by atoms with Crippen molar-refractivity contribution in [1.82, 2.24) is 9.78 Å². The van der Waals surface area contributed by atoms with Gasteiger partial charge in [-0.2, -0.15) is 10.2 Å². The van der Waals surface area contributed by atoms with Crippen LogP contribution in [0.15, 0.2) is 108 Å². The summed E-state index contributed by atoms with van der Waals surface area (Å²) >= 11 is 0. The molecule has 40 heavy (non-hydrogen) atoms. The molecule has 0 fully saturated rings. The Hall–Kier alpha value is -4.98. The molecule has 0 aliphatic carbocycles.